The van der Waals surface area contributed by atoms with Crippen molar-refractivity contribution in [3.63, 3.8) is 0 Å². The summed E-state index contributed by atoms with van der Waals surface area (Å²) in [7, 11) is 0. The highest BCUT2D eigenvalue weighted by Crippen LogP contribution is 2.36. The molecule has 6 heteroatoms. The Morgan fingerprint density at radius 3 is 2.61 bits per heavy atom. The lowest BCUT2D eigenvalue weighted by Crippen LogP contribution is -2.44. The van der Waals surface area contributed by atoms with Crippen LogP contribution in [0.15, 0.2) is 42.5 Å². The Labute approximate surface area is 165 Å². The van der Waals surface area contributed by atoms with E-state index in [1.807, 2.05) is 31.2 Å². The highest BCUT2D eigenvalue weighted by molar-refractivity contribution is 6.00. The number of hydrogen-bond acceptors (Lipinski definition) is 4. The molecule has 1 N–H and O–H groups in total. The first kappa shape index (κ1) is 19.7. The van der Waals surface area contributed by atoms with Crippen molar-refractivity contribution in [3.05, 3.63) is 48.0 Å². The number of fused-ring (bicyclic) bond motifs is 1. The predicted octanol–water partition coefficient (Wildman–Crippen LogP) is 3.79. The van der Waals surface area contributed by atoms with E-state index in [1.165, 1.54) is 5.56 Å². The molecular formula is C22H26N2O4. The molecule has 2 aromatic carbocycles. The van der Waals surface area contributed by atoms with Gasteiger partial charge in [0.2, 0.25) is 0 Å². The Morgan fingerprint density at radius 2 is 1.93 bits per heavy atom. The first-order valence-electron chi connectivity index (χ1n) is 9.65. The van der Waals surface area contributed by atoms with E-state index >= 15 is 0 Å². The summed E-state index contributed by atoms with van der Waals surface area (Å²) in [4.78, 5) is 26.3. The van der Waals surface area contributed by atoms with E-state index < -0.39 is 6.10 Å². The molecule has 0 aromatic heterocycles. The van der Waals surface area contributed by atoms with E-state index in [9.17, 15) is 9.59 Å². The highest BCUT2D eigenvalue weighted by Gasteiger charge is 2.31. The molecule has 1 aliphatic rings. The van der Waals surface area contributed by atoms with Crippen molar-refractivity contribution in [2.75, 3.05) is 23.4 Å². The number of carbonyl (C=O) groups is 2. The molecule has 1 heterocycles. The maximum absolute atomic E-state index is 12.3. The smallest absolute Gasteiger partial charge is 0.267 e. The van der Waals surface area contributed by atoms with Gasteiger partial charge in [-0.2, -0.15) is 0 Å². The Balaban J connectivity index is 1.63. The first-order valence-corrected chi connectivity index (χ1v) is 9.65. The number of anilines is 2. The number of carbonyl (C=O) groups excluding carboxylic acids is 2. The van der Waals surface area contributed by atoms with Gasteiger partial charge in [0.25, 0.3) is 11.8 Å². The minimum atomic E-state index is -0.542. The van der Waals surface area contributed by atoms with E-state index in [0.29, 0.717) is 23.7 Å². The third-order valence-corrected chi connectivity index (χ3v) is 4.60. The van der Waals surface area contributed by atoms with Crippen molar-refractivity contribution in [1.82, 2.24) is 0 Å². The van der Waals surface area contributed by atoms with Crippen LogP contribution in [0.1, 0.15) is 32.8 Å². The van der Waals surface area contributed by atoms with Gasteiger partial charge in [-0.25, -0.2) is 0 Å². The average molecular weight is 382 g/mol. The molecule has 6 nitrogen and oxygen atoms in total. The SMILES string of the molecule is CCCN1C(=O)C(C)Oc2cc(NC(=O)COc3ccc(CC)cc3)ccc21. The second-order valence-electron chi connectivity index (χ2n) is 6.77. The minimum Gasteiger partial charge on any atom is -0.484 e. The summed E-state index contributed by atoms with van der Waals surface area (Å²) in [5.74, 6) is 0.941. The van der Waals surface area contributed by atoms with E-state index in [-0.39, 0.29) is 18.4 Å². The number of benzene rings is 2. The number of rotatable bonds is 7. The molecule has 28 heavy (non-hydrogen) atoms. The van der Waals surface area contributed by atoms with Gasteiger partial charge >= 0.3 is 0 Å². The number of amides is 2. The van der Waals surface area contributed by atoms with Crippen molar-refractivity contribution < 1.29 is 19.1 Å². The summed E-state index contributed by atoms with van der Waals surface area (Å²) in [5.41, 5.74) is 2.55. The molecule has 0 spiro atoms. The van der Waals surface area contributed by atoms with Gasteiger partial charge in [-0.15, -0.1) is 0 Å². The number of ether oxygens (including phenoxy) is 2. The zero-order chi connectivity index (χ0) is 20.1. The van der Waals surface area contributed by atoms with Crippen molar-refractivity contribution in [1.29, 1.82) is 0 Å². The lowest BCUT2D eigenvalue weighted by molar-refractivity contribution is -0.125. The van der Waals surface area contributed by atoms with Crippen LogP contribution in [0.2, 0.25) is 0 Å². The minimum absolute atomic E-state index is 0.0476. The number of nitrogens with zero attached hydrogens (tertiary/aromatic N) is 1. The Morgan fingerprint density at radius 1 is 1.18 bits per heavy atom. The molecule has 148 valence electrons. The van der Waals surface area contributed by atoms with Gasteiger partial charge in [-0.1, -0.05) is 26.0 Å². The monoisotopic (exact) mass is 382 g/mol. The quantitative estimate of drug-likeness (QED) is 0.791. The molecule has 0 radical (unpaired) electrons. The van der Waals surface area contributed by atoms with Crippen molar-refractivity contribution in [2.45, 2.75) is 39.7 Å². The fourth-order valence-corrected chi connectivity index (χ4v) is 3.11. The van der Waals surface area contributed by atoms with Crippen LogP contribution >= 0.6 is 0 Å². The van der Waals surface area contributed by atoms with Crippen LogP contribution in [-0.4, -0.2) is 31.1 Å². The fourth-order valence-electron chi connectivity index (χ4n) is 3.11. The number of aryl methyl sites for hydroxylation is 1. The maximum Gasteiger partial charge on any atom is 0.267 e. The topological polar surface area (TPSA) is 67.9 Å². The Bertz CT molecular complexity index is 848. The summed E-state index contributed by atoms with van der Waals surface area (Å²) in [6.45, 7) is 6.40. The van der Waals surface area contributed by atoms with Crippen LogP contribution in [0.5, 0.6) is 11.5 Å². The van der Waals surface area contributed by atoms with Crippen molar-refractivity contribution >= 4 is 23.2 Å². The molecule has 2 aromatic rings. The molecule has 0 saturated carbocycles. The molecule has 0 aliphatic carbocycles. The molecule has 2 amide bonds. The predicted molar refractivity (Wildman–Crippen MR) is 109 cm³/mol. The normalized spacial score (nSPS) is 15.6. The van der Waals surface area contributed by atoms with Gasteiger partial charge in [0, 0.05) is 18.3 Å². The van der Waals surface area contributed by atoms with Crippen LogP contribution in [0.3, 0.4) is 0 Å². The Kier molecular flexibility index (Phi) is 6.19. The van der Waals surface area contributed by atoms with Gasteiger partial charge in [0.1, 0.15) is 11.5 Å². The van der Waals surface area contributed by atoms with Crippen LogP contribution < -0.4 is 19.7 Å². The zero-order valence-corrected chi connectivity index (χ0v) is 16.5. The van der Waals surface area contributed by atoms with Crippen LogP contribution in [0, 0.1) is 0 Å². The molecule has 0 fully saturated rings. The summed E-state index contributed by atoms with van der Waals surface area (Å²) in [6.07, 6.45) is 1.27. The van der Waals surface area contributed by atoms with Crippen LogP contribution in [0.4, 0.5) is 11.4 Å². The molecule has 1 aliphatic heterocycles. The zero-order valence-electron chi connectivity index (χ0n) is 16.5. The molecule has 1 unspecified atom stereocenters. The number of nitrogens with one attached hydrogen (secondary N) is 1. The van der Waals surface area contributed by atoms with E-state index in [4.69, 9.17) is 9.47 Å². The van der Waals surface area contributed by atoms with E-state index in [1.54, 1.807) is 30.0 Å². The van der Waals surface area contributed by atoms with Crippen molar-refractivity contribution in [3.8, 4) is 11.5 Å². The average Bonchev–Trinajstić information content (AvgIpc) is 2.70. The molecular weight excluding hydrogens is 356 g/mol. The lowest BCUT2D eigenvalue weighted by atomic mass is 10.1. The summed E-state index contributed by atoms with van der Waals surface area (Å²) >= 11 is 0. The number of hydrogen-bond donors (Lipinski definition) is 1. The second kappa shape index (κ2) is 8.78. The van der Waals surface area contributed by atoms with Crippen molar-refractivity contribution in [2.24, 2.45) is 0 Å². The summed E-state index contributed by atoms with van der Waals surface area (Å²) < 4.78 is 11.3. The first-order chi connectivity index (χ1) is 13.5. The van der Waals surface area contributed by atoms with Crippen LogP contribution in [0.25, 0.3) is 0 Å². The maximum atomic E-state index is 12.3. The standard InChI is InChI=1S/C22H26N2O4/c1-4-12-24-19-11-8-17(13-20(19)28-15(3)22(24)26)23-21(25)14-27-18-9-6-16(5-2)7-10-18/h6-11,13,15H,4-5,12,14H2,1-3H3,(H,23,25). The summed E-state index contributed by atoms with van der Waals surface area (Å²) in [5, 5.41) is 2.81. The van der Waals surface area contributed by atoms with E-state index in [0.717, 1.165) is 18.5 Å². The molecule has 1 atom stereocenters. The van der Waals surface area contributed by atoms with E-state index in [2.05, 4.69) is 12.2 Å². The third kappa shape index (κ3) is 4.44. The van der Waals surface area contributed by atoms with Gasteiger partial charge in [0.15, 0.2) is 12.7 Å². The van der Waals surface area contributed by atoms with Gasteiger partial charge in [-0.05, 0) is 49.6 Å². The van der Waals surface area contributed by atoms with Gasteiger partial charge in [0.05, 0.1) is 5.69 Å². The van der Waals surface area contributed by atoms with Crippen LogP contribution in [-0.2, 0) is 16.0 Å². The summed E-state index contributed by atoms with van der Waals surface area (Å²) in [6, 6.07) is 13.0. The highest BCUT2D eigenvalue weighted by atomic mass is 16.5. The largest absolute Gasteiger partial charge is 0.484 e. The molecule has 3 rings (SSSR count). The van der Waals surface area contributed by atoms with Gasteiger partial charge < -0.3 is 19.7 Å². The second-order valence-corrected chi connectivity index (χ2v) is 6.77. The molecule has 0 saturated heterocycles. The molecule has 0 bridgehead atoms. The third-order valence-electron chi connectivity index (χ3n) is 4.60. The van der Waals surface area contributed by atoms with Gasteiger partial charge in [-0.3, -0.25) is 9.59 Å². The fraction of sp³-hybridized carbons (Fsp3) is 0.364. The lowest BCUT2D eigenvalue weighted by Gasteiger charge is -2.33. The Hall–Kier alpha value is -3.02.